The third kappa shape index (κ3) is 7.71. The zero-order valence-corrected chi connectivity index (χ0v) is 15.8. The van der Waals surface area contributed by atoms with Crippen molar-refractivity contribution < 1.29 is 9.53 Å². The molecule has 0 heterocycles. The Balaban J connectivity index is 2.41. The average Bonchev–Trinajstić information content (AvgIpc) is 2.42. The summed E-state index contributed by atoms with van der Waals surface area (Å²) < 4.78 is 5.36. The quantitative estimate of drug-likeness (QED) is 0.829. The van der Waals surface area contributed by atoms with E-state index in [4.69, 9.17) is 16.3 Å². The van der Waals surface area contributed by atoms with E-state index in [1.165, 1.54) is 0 Å². The molecule has 0 aliphatic carbocycles. The summed E-state index contributed by atoms with van der Waals surface area (Å²) in [6.07, 6.45) is -0.285. The van der Waals surface area contributed by atoms with E-state index in [1.54, 1.807) is 11.9 Å². The van der Waals surface area contributed by atoms with Gasteiger partial charge in [-0.2, -0.15) is 0 Å². The van der Waals surface area contributed by atoms with E-state index < -0.39 is 5.60 Å². The first-order chi connectivity index (χ1) is 10.6. The van der Waals surface area contributed by atoms with Crippen LogP contribution in [-0.2, 0) is 4.74 Å². The van der Waals surface area contributed by atoms with Gasteiger partial charge in [0.05, 0.1) is 0 Å². The van der Waals surface area contributed by atoms with Gasteiger partial charge in [0.1, 0.15) is 5.60 Å². The van der Waals surface area contributed by atoms with Crippen molar-refractivity contribution in [2.45, 2.75) is 46.3 Å². The van der Waals surface area contributed by atoms with Gasteiger partial charge in [0.2, 0.25) is 0 Å². The largest absolute Gasteiger partial charge is 0.444 e. The van der Waals surface area contributed by atoms with Crippen molar-refractivity contribution >= 4 is 17.7 Å². The van der Waals surface area contributed by atoms with E-state index in [2.05, 4.69) is 25.2 Å². The fourth-order valence-corrected chi connectivity index (χ4v) is 2.42. The highest BCUT2D eigenvalue weighted by molar-refractivity contribution is 6.30. The summed E-state index contributed by atoms with van der Waals surface area (Å²) in [6.45, 7) is 11.3. The highest BCUT2D eigenvalue weighted by atomic mass is 35.5. The predicted octanol–water partition coefficient (Wildman–Crippen LogP) is 4.49. The van der Waals surface area contributed by atoms with Crippen LogP contribution < -0.4 is 5.32 Å². The van der Waals surface area contributed by atoms with E-state index in [-0.39, 0.29) is 12.1 Å². The molecule has 130 valence electrons. The molecule has 1 aromatic rings. The fraction of sp³-hybridized carbons (Fsp3) is 0.611. The first-order valence-corrected chi connectivity index (χ1v) is 8.39. The summed E-state index contributed by atoms with van der Waals surface area (Å²) in [4.78, 5) is 13.6. The van der Waals surface area contributed by atoms with Gasteiger partial charge in [0.25, 0.3) is 0 Å². The number of hydrogen-bond acceptors (Lipinski definition) is 3. The maximum Gasteiger partial charge on any atom is 0.410 e. The number of hydrogen-bond donors (Lipinski definition) is 1. The average molecular weight is 341 g/mol. The van der Waals surface area contributed by atoms with E-state index in [1.807, 2.05) is 39.0 Å². The molecule has 0 aromatic heterocycles. The van der Waals surface area contributed by atoms with Crippen LogP contribution in [0.25, 0.3) is 0 Å². The van der Waals surface area contributed by atoms with Gasteiger partial charge in [0, 0.05) is 24.7 Å². The first kappa shape index (κ1) is 19.8. The molecule has 23 heavy (non-hydrogen) atoms. The van der Waals surface area contributed by atoms with Gasteiger partial charge in [-0.05, 0) is 57.9 Å². The standard InChI is InChI=1S/C18H29ClN2O2/c1-13(12-21(6)17(22)23-18(3,4)5)11-20-14(2)15-8-7-9-16(19)10-15/h7-10,13-14,20H,11-12H2,1-6H3. The molecule has 1 amide bonds. The highest BCUT2D eigenvalue weighted by Crippen LogP contribution is 2.17. The fourth-order valence-electron chi connectivity index (χ4n) is 2.22. The van der Waals surface area contributed by atoms with Gasteiger partial charge < -0.3 is 15.0 Å². The topological polar surface area (TPSA) is 41.6 Å². The van der Waals surface area contributed by atoms with E-state index in [0.717, 1.165) is 17.1 Å². The molecule has 0 fully saturated rings. The number of nitrogens with zero attached hydrogens (tertiary/aromatic N) is 1. The second kappa shape index (κ2) is 8.55. The molecule has 0 radical (unpaired) electrons. The minimum absolute atomic E-state index is 0.211. The van der Waals surface area contributed by atoms with Gasteiger partial charge in [-0.1, -0.05) is 30.7 Å². The molecule has 5 heteroatoms. The van der Waals surface area contributed by atoms with Crippen molar-refractivity contribution in [2.24, 2.45) is 5.92 Å². The third-order valence-electron chi connectivity index (χ3n) is 3.41. The lowest BCUT2D eigenvalue weighted by atomic mass is 10.1. The lowest BCUT2D eigenvalue weighted by Gasteiger charge is -2.27. The molecule has 1 rings (SSSR count). The Morgan fingerprint density at radius 3 is 2.57 bits per heavy atom. The number of rotatable bonds is 6. The van der Waals surface area contributed by atoms with Crippen LogP contribution in [0.5, 0.6) is 0 Å². The summed E-state index contributed by atoms with van der Waals surface area (Å²) in [5, 5.41) is 4.23. The molecule has 0 aliphatic heterocycles. The first-order valence-electron chi connectivity index (χ1n) is 8.01. The van der Waals surface area contributed by atoms with Crippen molar-refractivity contribution in [3.63, 3.8) is 0 Å². The molecule has 0 saturated carbocycles. The Morgan fingerprint density at radius 2 is 2.00 bits per heavy atom. The maximum atomic E-state index is 12.0. The smallest absolute Gasteiger partial charge is 0.410 e. The SMILES string of the molecule is CC(CNC(C)c1cccc(Cl)c1)CN(C)C(=O)OC(C)(C)C. The molecule has 1 N–H and O–H groups in total. The molecular formula is C18H29ClN2O2. The number of amides is 1. The van der Waals surface area contributed by atoms with Crippen LogP contribution in [0.3, 0.4) is 0 Å². The Kier molecular flexibility index (Phi) is 7.36. The minimum atomic E-state index is -0.464. The molecule has 0 spiro atoms. The second-order valence-corrected chi connectivity index (χ2v) is 7.59. The molecule has 0 bridgehead atoms. The van der Waals surface area contributed by atoms with Crippen LogP contribution >= 0.6 is 11.6 Å². The zero-order valence-electron chi connectivity index (χ0n) is 15.0. The number of carbonyl (C=O) groups excluding carboxylic acids is 1. The van der Waals surface area contributed by atoms with Gasteiger partial charge >= 0.3 is 6.09 Å². The molecular weight excluding hydrogens is 312 g/mol. The normalized spacial score (nSPS) is 14.2. The van der Waals surface area contributed by atoms with Crippen molar-refractivity contribution in [3.8, 4) is 0 Å². The second-order valence-electron chi connectivity index (χ2n) is 7.15. The summed E-state index contributed by atoms with van der Waals surface area (Å²) in [5.41, 5.74) is 0.693. The number of halogens is 1. The van der Waals surface area contributed by atoms with Crippen molar-refractivity contribution in [3.05, 3.63) is 34.9 Å². The number of ether oxygens (including phenoxy) is 1. The minimum Gasteiger partial charge on any atom is -0.444 e. The molecule has 0 aliphatic rings. The summed E-state index contributed by atoms with van der Waals surface area (Å²) in [5.74, 6) is 0.314. The van der Waals surface area contributed by atoms with Crippen LogP contribution in [-0.4, -0.2) is 36.7 Å². The lowest BCUT2D eigenvalue weighted by Crippen LogP contribution is -2.38. The van der Waals surface area contributed by atoms with Crippen molar-refractivity contribution in [1.82, 2.24) is 10.2 Å². The summed E-state index contributed by atoms with van der Waals surface area (Å²) in [6, 6.07) is 8.06. The Morgan fingerprint density at radius 1 is 1.35 bits per heavy atom. The van der Waals surface area contributed by atoms with Gasteiger partial charge in [-0.15, -0.1) is 0 Å². The lowest BCUT2D eigenvalue weighted by molar-refractivity contribution is 0.0276. The number of nitrogens with one attached hydrogen (secondary N) is 1. The van der Waals surface area contributed by atoms with Crippen molar-refractivity contribution in [2.75, 3.05) is 20.1 Å². The van der Waals surface area contributed by atoms with E-state index in [9.17, 15) is 4.79 Å². The Labute approximate surface area is 145 Å². The number of carbonyl (C=O) groups is 1. The van der Waals surface area contributed by atoms with Gasteiger partial charge in [-0.25, -0.2) is 4.79 Å². The Bertz CT molecular complexity index is 514. The van der Waals surface area contributed by atoms with Crippen molar-refractivity contribution in [1.29, 1.82) is 0 Å². The molecule has 2 unspecified atom stereocenters. The van der Waals surface area contributed by atoms with Crippen LogP contribution in [0.15, 0.2) is 24.3 Å². The highest BCUT2D eigenvalue weighted by Gasteiger charge is 2.20. The monoisotopic (exact) mass is 340 g/mol. The molecule has 1 aromatic carbocycles. The van der Waals surface area contributed by atoms with E-state index >= 15 is 0 Å². The Hall–Kier alpha value is -1.26. The predicted molar refractivity (Wildman–Crippen MR) is 95.9 cm³/mol. The van der Waals surface area contributed by atoms with Crippen LogP contribution in [0.4, 0.5) is 4.79 Å². The summed E-state index contributed by atoms with van der Waals surface area (Å²) >= 11 is 6.02. The maximum absolute atomic E-state index is 12.0. The van der Waals surface area contributed by atoms with E-state index in [0.29, 0.717) is 12.5 Å². The third-order valence-corrected chi connectivity index (χ3v) is 3.65. The zero-order chi connectivity index (χ0) is 17.6. The van der Waals surface area contributed by atoms with Gasteiger partial charge in [0.15, 0.2) is 0 Å². The van der Waals surface area contributed by atoms with Gasteiger partial charge in [-0.3, -0.25) is 0 Å². The summed E-state index contributed by atoms with van der Waals surface area (Å²) in [7, 11) is 1.77. The van der Waals surface area contributed by atoms with Crippen LogP contribution in [0.1, 0.15) is 46.2 Å². The van der Waals surface area contributed by atoms with Crippen LogP contribution in [0.2, 0.25) is 5.02 Å². The molecule has 4 nitrogen and oxygen atoms in total. The number of benzene rings is 1. The molecule has 2 atom stereocenters. The van der Waals surface area contributed by atoms with Crippen LogP contribution in [0, 0.1) is 5.92 Å². The molecule has 0 saturated heterocycles.